The lowest BCUT2D eigenvalue weighted by molar-refractivity contribution is 0.130. The molecule has 0 unspecified atom stereocenters. The van der Waals surface area contributed by atoms with E-state index in [-0.39, 0.29) is 0 Å². The third-order valence-corrected chi connectivity index (χ3v) is 9.78. The van der Waals surface area contributed by atoms with E-state index in [0.29, 0.717) is 40.0 Å². The van der Waals surface area contributed by atoms with Crippen LogP contribution in [-0.2, 0) is 54.5 Å². The lowest BCUT2D eigenvalue weighted by Crippen LogP contribution is -2.58. The molecule has 0 aromatic carbocycles. The van der Waals surface area contributed by atoms with Crippen LogP contribution in [0.25, 0.3) is 0 Å². The molecule has 34 heavy (non-hydrogen) atoms. The molecule has 0 spiro atoms. The number of hydrogen-bond donors (Lipinski definition) is 0. The first-order valence-corrected chi connectivity index (χ1v) is 16.4. The number of rotatable bonds is 12. The third kappa shape index (κ3) is 9.88. The Labute approximate surface area is 200 Å². The fraction of sp³-hybridized carbons (Fsp3) is 0.333. The van der Waals surface area contributed by atoms with Gasteiger partial charge in [0.25, 0.3) is 0 Å². The molecule has 1 fully saturated rings. The van der Waals surface area contributed by atoms with E-state index in [1.807, 2.05) is 0 Å². The van der Waals surface area contributed by atoms with Crippen molar-refractivity contribution in [2.24, 2.45) is 0 Å². The topological polar surface area (TPSA) is 190 Å². The molecule has 1 rings (SSSR count). The zero-order chi connectivity index (χ0) is 27.0. The number of sulfonamides is 3. The molecule has 1 aliphatic heterocycles. The normalized spacial score (nSPS) is 17.1. The average Bonchev–Trinajstić information content (AvgIpc) is 2.78. The summed E-state index contributed by atoms with van der Waals surface area (Å²) in [6, 6.07) is 0. The molecule has 0 N–H and O–H groups in total. The largest absolute Gasteiger partial charge is 0.349 e. The number of sulfone groups is 2. The van der Waals surface area contributed by atoms with Crippen LogP contribution < -0.4 is 0 Å². The molecule has 1 aliphatic rings. The Hall–Kier alpha value is -1.71. The van der Waals surface area contributed by atoms with Crippen molar-refractivity contribution in [2.75, 3.05) is 31.9 Å². The van der Waals surface area contributed by atoms with Gasteiger partial charge >= 0.3 is 0 Å². The second kappa shape index (κ2) is 12.3. The first kappa shape index (κ1) is 32.3. The zero-order valence-electron chi connectivity index (χ0n) is 17.8. The second-order valence-corrected chi connectivity index (χ2v) is 15.4. The Morgan fingerprint density at radius 1 is 0.500 bits per heavy atom. The van der Waals surface area contributed by atoms with Gasteiger partial charge in [-0.3, -0.25) is 0 Å². The van der Waals surface area contributed by atoms with Crippen LogP contribution in [0, 0.1) is 0 Å². The molecule has 0 saturated carbocycles. The quantitative estimate of drug-likeness (QED) is 0.280. The predicted molar refractivity (Wildman–Crippen MR) is 127 cm³/mol. The minimum atomic E-state index is -4.01. The lowest BCUT2D eigenvalue weighted by atomic mass is 10.8. The average molecular weight is 584 g/mol. The molecule has 196 valence electrons. The molecule has 1 saturated heterocycles. The van der Waals surface area contributed by atoms with E-state index in [2.05, 4.69) is 37.6 Å². The highest BCUT2D eigenvalue weighted by Gasteiger charge is 2.38. The van der Waals surface area contributed by atoms with E-state index in [9.17, 15) is 42.1 Å². The highest BCUT2D eigenvalue weighted by Crippen LogP contribution is 2.19. The highest BCUT2D eigenvalue weighted by molar-refractivity contribution is 7.95. The minimum Gasteiger partial charge on any atom is -0.349 e. The lowest BCUT2D eigenvalue weighted by Gasteiger charge is -2.38. The van der Waals surface area contributed by atoms with Gasteiger partial charge in [0.1, 0.15) is 0 Å². The van der Waals surface area contributed by atoms with Crippen molar-refractivity contribution in [1.29, 1.82) is 0 Å². The fourth-order valence-electron chi connectivity index (χ4n) is 1.82. The molecule has 0 aliphatic carbocycles. The molecule has 0 aromatic heterocycles. The summed E-state index contributed by atoms with van der Waals surface area (Å²) >= 11 is 0. The summed E-state index contributed by atoms with van der Waals surface area (Å²) in [6.07, 6.45) is 0. The summed E-state index contributed by atoms with van der Waals surface area (Å²) in [4.78, 5) is 0. The summed E-state index contributed by atoms with van der Waals surface area (Å²) in [7, 11) is -19.0. The van der Waals surface area contributed by atoms with Crippen LogP contribution in [0.1, 0.15) is 0 Å². The van der Waals surface area contributed by atoms with Crippen molar-refractivity contribution in [1.82, 2.24) is 12.9 Å². The molecule has 1 heterocycles. The Kier molecular flexibility index (Phi) is 11.7. The van der Waals surface area contributed by atoms with Crippen molar-refractivity contribution in [3.63, 3.8) is 0 Å². The Morgan fingerprint density at radius 2 is 0.735 bits per heavy atom. The third-order valence-electron chi connectivity index (χ3n) is 3.66. The van der Waals surface area contributed by atoms with Gasteiger partial charge in [0.05, 0.1) is 20.0 Å². The molecule has 19 heteroatoms. The van der Waals surface area contributed by atoms with Crippen LogP contribution in [-0.4, -0.2) is 86.9 Å². The number of nitrogens with zero attached hydrogens (tertiary/aromatic N) is 3. The van der Waals surface area contributed by atoms with E-state index in [1.165, 1.54) is 0 Å². The van der Waals surface area contributed by atoms with Gasteiger partial charge in [-0.1, -0.05) is 32.9 Å². The number of ether oxygens (including phenoxy) is 1. The van der Waals surface area contributed by atoms with Gasteiger partial charge in [0.2, 0.25) is 30.1 Å². The van der Waals surface area contributed by atoms with Crippen LogP contribution in [0.15, 0.2) is 59.9 Å². The van der Waals surface area contributed by atoms with Crippen LogP contribution in [0.5, 0.6) is 0 Å². The van der Waals surface area contributed by atoms with E-state index >= 15 is 0 Å². The molecule has 14 nitrogen and oxygen atoms in total. The first-order chi connectivity index (χ1) is 15.3. The summed E-state index contributed by atoms with van der Waals surface area (Å²) < 4.78 is 120. The van der Waals surface area contributed by atoms with Crippen molar-refractivity contribution < 1.29 is 46.8 Å². The molecule has 0 atom stereocenters. The molecule has 0 aromatic rings. The van der Waals surface area contributed by atoms with Gasteiger partial charge in [-0.2, -0.15) is 12.9 Å². The van der Waals surface area contributed by atoms with Crippen molar-refractivity contribution in [2.45, 2.75) is 0 Å². The number of hydrogen-bond acceptors (Lipinski definition) is 11. The maximum absolute atomic E-state index is 11.8. The van der Waals surface area contributed by atoms with Gasteiger partial charge < -0.3 is 4.74 Å². The van der Waals surface area contributed by atoms with Gasteiger partial charge in [-0.15, -0.1) is 0 Å². The second-order valence-electron chi connectivity index (χ2n) is 6.01. The van der Waals surface area contributed by atoms with Gasteiger partial charge in [0.15, 0.2) is 31.6 Å². The van der Waals surface area contributed by atoms with E-state index < -0.39 is 81.6 Å². The van der Waals surface area contributed by atoms with Gasteiger partial charge in [-0.25, -0.2) is 42.1 Å². The first-order valence-electron chi connectivity index (χ1n) is 8.49. The van der Waals surface area contributed by atoms with E-state index in [1.54, 1.807) is 0 Å². The maximum atomic E-state index is 11.8. The monoisotopic (exact) mass is 583 g/mol. The Bertz CT molecular complexity index is 1180. The fourth-order valence-corrected chi connectivity index (χ4v) is 5.41. The smallest absolute Gasteiger partial charge is 0.238 e. The zero-order valence-corrected chi connectivity index (χ0v) is 21.9. The van der Waals surface area contributed by atoms with Crippen LogP contribution in [0.2, 0.25) is 0 Å². The molecular weight excluding hydrogens is 559 g/mol. The summed E-state index contributed by atoms with van der Waals surface area (Å²) in [6.45, 7) is 13.8. The highest BCUT2D eigenvalue weighted by atomic mass is 32.2. The van der Waals surface area contributed by atoms with Crippen molar-refractivity contribution in [3.8, 4) is 0 Å². The van der Waals surface area contributed by atoms with Gasteiger partial charge in [-0.05, 0) is 0 Å². The molecule has 0 amide bonds. The van der Waals surface area contributed by atoms with Crippen LogP contribution in [0.3, 0.4) is 0 Å². The van der Waals surface area contributed by atoms with Crippen LogP contribution in [0.4, 0.5) is 0 Å². The van der Waals surface area contributed by atoms with E-state index in [4.69, 9.17) is 0 Å². The van der Waals surface area contributed by atoms with E-state index in [0.717, 1.165) is 0 Å². The Balaban J connectivity index is 0.000000722. The van der Waals surface area contributed by atoms with Gasteiger partial charge in [0, 0.05) is 27.0 Å². The standard InChI is InChI=1S/C9H15N3O6S3.C6H10O5S2/c1-4-19(13,14)10-7-11(20(15,16)5-2)9-12(8-10)21(17,18)6-3;1-3-12(7,8)5-11-6-13(9,10)4-2/h4-6H,1-3,7-9H2;3-4H,1-2,5-6H2. The SMILES string of the molecule is C=CS(=O)(=O)COCS(=O)(=O)C=C.C=CS(=O)(=O)N1CN(S(=O)(=O)C=C)CN(S(=O)(=O)C=C)C1. The Morgan fingerprint density at radius 3 is 0.912 bits per heavy atom. The van der Waals surface area contributed by atoms with Crippen LogP contribution >= 0.6 is 0 Å². The predicted octanol–water partition coefficient (Wildman–Crippen LogP) is -0.767. The minimum absolute atomic E-state index is 0.536. The van der Waals surface area contributed by atoms with Crippen molar-refractivity contribution >= 4 is 49.7 Å². The molecule has 0 bridgehead atoms. The molecule has 0 radical (unpaired) electrons. The maximum Gasteiger partial charge on any atom is 0.238 e. The molecular formula is C15H25N3O11S5. The summed E-state index contributed by atoms with van der Waals surface area (Å²) in [5.41, 5.74) is 0. The summed E-state index contributed by atoms with van der Waals surface area (Å²) in [5, 5.41) is 3.22. The summed E-state index contributed by atoms with van der Waals surface area (Å²) in [5.74, 6) is -1.38. The van der Waals surface area contributed by atoms with Crippen molar-refractivity contribution in [3.05, 3.63) is 59.9 Å².